The number of aryl methyl sites for hydroxylation is 2. The molecule has 0 aliphatic rings. The number of hydrogen-bond donors (Lipinski definition) is 0. The van der Waals surface area contributed by atoms with Crippen LogP contribution in [0.4, 0.5) is 0 Å². The van der Waals surface area contributed by atoms with Crippen molar-refractivity contribution in [3.63, 3.8) is 0 Å². The fourth-order valence-electron chi connectivity index (χ4n) is 7.07. The number of benzene rings is 6. The van der Waals surface area contributed by atoms with Crippen LogP contribution in [-0.2, 0) is 12.8 Å². The Hall–Kier alpha value is -5.87. The molecule has 4 heteroatoms. The third kappa shape index (κ3) is 6.58. The van der Waals surface area contributed by atoms with Crippen LogP contribution in [0, 0.1) is 0 Å². The predicted molar refractivity (Wildman–Crippen MR) is 213 cm³/mol. The van der Waals surface area contributed by atoms with E-state index in [0.717, 1.165) is 80.1 Å². The Labute approximate surface area is 300 Å². The summed E-state index contributed by atoms with van der Waals surface area (Å²) < 4.78 is 2.34. The summed E-state index contributed by atoms with van der Waals surface area (Å²) in [6.45, 7) is 4.54. The Morgan fingerprint density at radius 1 is 0.431 bits per heavy atom. The zero-order valence-electron chi connectivity index (χ0n) is 29.4. The highest BCUT2D eigenvalue weighted by atomic mass is 15.1. The van der Waals surface area contributed by atoms with Gasteiger partial charge in [-0.15, -0.1) is 0 Å². The molecule has 0 fully saturated rings. The number of para-hydroxylation sites is 3. The van der Waals surface area contributed by atoms with Gasteiger partial charge in [-0.25, -0.2) is 15.0 Å². The topological polar surface area (TPSA) is 43.6 Å². The van der Waals surface area contributed by atoms with Crippen molar-refractivity contribution in [3.8, 4) is 50.7 Å². The van der Waals surface area contributed by atoms with E-state index < -0.39 is 0 Å². The smallest absolute Gasteiger partial charge is 0.145 e. The minimum absolute atomic E-state index is 0.886. The first kappa shape index (κ1) is 32.3. The molecule has 250 valence electrons. The molecule has 0 saturated heterocycles. The lowest BCUT2D eigenvalue weighted by molar-refractivity contribution is 0.759. The molecule has 0 spiro atoms. The Morgan fingerprint density at radius 3 is 1.47 bits per heavy atom. The van der Waals surface area contributed by atoms with Gasteiger partial charge in [-0.3, -0.25) is 4.57 Å². The number of rotatable bonds is 11. The molecule has 0 atom stereocenters. The van der Waals surface area contributed by atoms with Crippen molar-refractivity contribution in [2.24, 2.45) is 0 Å². The average Bonchev–Trinajstić information content (AvgIpc) is 3.57. The van der Waals surface area contributed by atoms with Crippen molar-refractivity contribution in [1.29, 1.82) is 0 Å². The summed E-state index contributed by atoms with van der Waals surface area (Å²) in [4.78, 5) is 15.4. The first-order valence-electron chi connectivity index (χ1n) is 18.3. The van der Waals surface area contributed by atoms with Gasteiger partial charge in [-0.2, -0.15) is 0 Å². The molecule has 6 aromatic carbocycles. The van der Waals surface area contributed by atoms with Gasteiger partial charge < -0.3 is 0 Å². The van der Waals surface area contributed by atoms with Crippen LogP contribution in [0.2, 0.25) is 0 Å². The van der Waals surface area contributed by atoms with Crippen LogP contribution in [0.1, 0.15) is 50.7 Å². The predicted octanol–water partition coefficient (Wildman–Crippen LogP) is 12.3. The molecule has 8 aromatic rings. The quantitative estimate of drug-likeness (QED) is 0.138. The molecule has 2 heterocycles. The zero-order valence-corrected chi connectivity index (χ0v) is 29.4. The van der Waals surface area contributed by atoms with Gasteiger partial charge in [0, 0.05) is 22.4 Å². The number of aromatic nitrogens is 4. The van der Waals surface area contributed by atoms with Crippen LogP contribution in [0.25, 0.3) is 72.8 Å². The number of imidazole rings is 1. The number of hydrogen-bond acceptors (Lipinski definition) is 3. The second-order valence-corrected chi connectivity index (χ2v) is 13.4. The van der Waals surface area contributed by atoms with E-state index in [4.69, 9.17) is 15.0 Å². The van der Waals surface area contributed by atoms with Gasteiger partial charge in [-0.05, 0) is 84.3 Å². The Balaban J connectivity index is 1.16. The number of unbranched alkanes of at least 4 members (excludes halogenated alkanes) is 2. The van der Waals surface area contributed by atoms with E-state index in [0.29, 0.717) is 0 Å². The van der Waals surface area contributed by atoms with Crippen molar-refractivity contribution in [2.45, 2.75) is 52.4 Å². The van der Waals surface area contributed by atoms with E-state index >= 15 is 0 Å². The SMILES string of the molecule is CCCCc1cc2nc(-c3ccc(-c4ccc(-c5nc6ccccc6nc5-c5ccccc5)cc4)cc3)n(-c3ccccc3)c2cc1CCCC. The lowest BCUT2D eigenvalue weighted by Gasteiger charge is -2.13. The normalized spacial score (nSPS) is 11.4. The van der Waals surface area contributed by atoms with Crippen molar-refractivity contribution in [3.05, 3.63) is 157 Å². The summed E-state index contributed by atoms with van der Waals surface area (Å²) >= 11 is 0. The largest absolute Gasteiger partial charge is 0.292 e. The van der Waals surface area contributed by atoms with Crippen molar-refractivity contribution in [2.75, 3.05) is 0 Å². The lowest BCUT2D eigenvalue weighted by Crippen LogP contribution is -1.99. The number of fused-ring (bicyclic) bond motifs is 2. The third-order valence-corrected chi connectivity index (χ3v) is 9.84. The highest BCUT2D eigenvalue weighted by Gasteiger charge is 2.18. The van der Waals surface area contributed by atoms with Gasteiger partial charge in [0.05, 0.1) is 33.5 Å². The monoisotopic (exact) mass is 662 g/mol. The highest BCUT2D eigenvalue weighted by Crippen LogP contribution is 2.35. The Bertz CT molecular complexity index is 2410. The fourth-order valence-corrected chi connectivity index (χ4v) is 7.07. The van der Waals surface area contributed by atoms with E-state index in [9.17, 15) is 0 Å². The van der Waals surface area contributed by atoms with E-state index in [1.54, 1.807) is 0 Å². The Kier molecular flexibility index (Phi) is 9.22. The second-order valence-electron chi connectivity index (χ2n) is 13.4. The summed E-state index contributed by atoms with van der Waals surface area (Å²) in [5, 5.41) is 0. The lowest BCUT2D eigenvalue weighted by atomic mass is 9.97. The van der Waals surface area contributed by atoms with E-state index in [1.165, 1.54) is 42.3 Å². The average molecular weight is 663 g/mol. The van der Waals surface area contributed by atoms with Crippen LogP contribution in [0.5, 0.6) is 0 Å². The first-order chi connectivity index (χ1) is 25.2. The summed E-state index contributed by atoms with van der Waals surface area (Å²) in [6.07, 6.45) is 6.99. The van der Waals surface area contributed by atoms with Crippen LogP contribution < -0.4 is 0 Å². The summed E-state index contributed by atoms with van der Waals surface area (Å²) in [6, 6.07) is 51.4. The van der Waals surface area contributed by atoms with E-state index in [1.807, 2.05) is 42.5 Å². The van der Waals surface area contributed by atoms with Gasteiger partial charge >= 0.3 is 0 Å². The standard InChI is InChI=1S/C47H42N4/c1-3-5-15-38-31-43-44(32-39(38)16-6-4-2)51(40-19-11-8-12-20-40)47(50-43)37-29-25-34(26-30-37)33-23-27-36(28-24-33)46-45(35-17-9-7-10-18-35)48-41-21-13-14-22-42(41)49-46/h7-14,17-32H,3-6,15-16H2,1-2H3. The maximum absolute atomic E-state index is 5.30. The molecule has 51 heavy (non-hydrogen) atoms. The zero-order chi connectivity index (χ0) is 34.6. The molecule has 2 aromatic heterocycles. The minimum atomic E-state index is 0.886. The molecule has 0 aliphatic heterocycles. The highest BCUT2D eigenvalue weighted by molar-refractivity contribution is 5.87. The molecular weight excluding hydrogens is 621 g/mol. The molecule has 0 bridgehead atoms. The first-order valence-corrected chi connectivity index (χ1v) is 18.3. The molecular formula is C47H42N4. The van der Waals surface area contributed by atoms with Gasteiger partial charge in [-0.1, -0.05) is 136 Å². The summed E-state index contributed by atoms with van der Waals surface area (Å²) in [7, 11) is 0. The molecule has 0 unspecified atom stereocenters. The third-order valence-electron chi connectivity index (χ3n) is 9.84. The molecule has 0 saturated carbocycles. The second kappa shape index (κ2) is 14.5. The molecule has 0 radical (unpaired) electrons. The van der Waals surface area contributed by atoms with Crippen molar-refractivity contribution >= 4 is 22.1 Å². The van der Waals surface area contributed by atoms with Gasteiger partial charge in [0.2, 0.25) is 0 Å². The molecule has 0 aliphatic carbocycles. The van der Waals surface area contributed by atoms with Gasteiger partial charge in [0.25, 0.3) is 0 Å². The van der Waals surface area contributed by atoms with Crippen LogP contribution in [-0.4, -0.2) is 19.5 Å². The van der Waals surface area contributed by atoms with Gasteiger partial charge in [0.1, 0.15) is 5.82 Å². The summed E-state index contributed by atoms with van der Waals surface area (Å²) in [5.74, 6) is 0.968. The van der Waals surface area contributed by atoms with Gasteiger partial charge in [0.15, 0.2) is 0 Å². The maximum Gasteiger partial charge on any atom is 0.145 e. The fraction of sp³-hybridized carbons (Fsp3) is 0.170. The molecule has 4 nitrogen and oxygen atoms in total. The van der Waals surface area contributed by atoms with Crippen LogP contribution in [0.3, 0.4) is 0 Å². The molecule has 0 amide bonds. The minimum Gasteiger partial charge on any atom is -0.292 e. The van der Waals surface area contributed by atoms with Crippen LogP contribution in [0.15, 0.2) is 146 Å². The van der Waals surface area contributed by atoms with Crippen molar-refractivity contribution < 1.29 is 0 Å². The maximum atomic E-state index is 5.30. The van der Waals surface area contributed by atoms with E-state index in [2.05, 4.69) is 122 Å². The number of nitrogens with zero attached hydrogens (tertiary/aromatic N) is 4. The Morgan fingerprint density at radius 2 is 0.902 bits per heavy atom. The summed E-state index contributed by atoms with van der Waals surface area (Å²) in [5.41, 5.74) is 15.3. The molecule has 8 rings (SSSR count). The van der Waals surface area contributed by atoms with E-state index in [-0.39, 0.29) is 0 Å². The van der Waals surface area contributed by atoms with Crippen molar-refractivity contribution in [1.82, 2.24) is 19.5 Å². The molecule has 0 N–H and O–H groups in total. The van der Waals surface area contributed by atoms with Crippen LogP contribution >= 0.6 is 0 Å².